The van der Waals surface area contributed by atoms with Crippen molar-refractivity contribution in [3.63, 3.8) is 0 Å². The van der Waals surface area contributed by atoms with Crippen LogP contribution >= 0.6 is 11.5 Å². The van der Waals surface area contributed by atoms with Crippen LogP contribution in [0.1, 0.15) is 10.5 Å². The first kappa shape index (κ1) is 12.0. The molecule has 0 amide bonds. The third-order valence-electron chi connectivity index (χ3n) is 3.19. The number of aldehydes is 1. The molecule has 7 heteroatoms. The number of hydrogen-bond donors (Lipinski definition) is 2. The zero-order valence-electron chi connectivity index (χ0n) is 10.7. The van der Waals surface area contributed by atoms with E-state index in [1.54, 1.807) is 6.20 Å². The second-order valence-corrected chi connectivity index (χ2v) is 5.30. The molecule has 0 radical (unpaired) electrons. The molecule has 3 heterocycles. The van der Waals surface area contributed by atoms with Crippen molar-refractivity contribution in [2.24, 2.45) is 0 Å². The molecule has 4 rings (SSSR count). The SMILES string of the molecule is O=Cc1nsc2cc(Nc3n[nH]c4cccnc34)ccc12. The molecule has 4 aromatic rings. The normalized spacial score (nSPS) is 11.0. The Morgan fingerprint density at radius 1 is 1.29 bits per heavy atom. The Bertz CT molecular complexity index is 958. The molecule has 0 saturated carbocycles. The number of carbonyl (C=O) groups is 1. The molecule has 0 bridgehead atoms. The summed E-state index contributed by atoms with van der Waals surface area (Å²) in [4.78, 5) is 15.2. The van der Waals surface area contributed by atoms with E-state index in [0.29, 0.717) is 11.5 Å². The molecule has 102 valence electrons. The number of hydrogen-bond acceptors (Lipinski definition) is 6. The van der Waals surface area contributed by atoms with Crippen molar-refractivity contribution in [3.05, 3.63) is 42.2 Å². The molecule has 2 N–H and O–H groups in total. The lowest BCUT2D eigenvalue weighted by Crippen LogP contribution is -1.91. The maximum Gasteiger partial charge on any atom is 0.178 e. The summed E-state index contributed by atoms with van der Waals surface area (Å²) in [6, 6.07) is 9.50. The first-order valence-electron chi connectivity index (χ1n) is 6.26. The summed E-state index contributed by atoms with van der Waals surface area (Å²) in [5.41, 5.74) is 3.02. The Balaban J connectivity index is 1.75. The van der Waals surface area contributed by atoms with E-state index in [4.69, 9.17) is 0 Å². The van der Waals surface area contributed by atoms with Crippen LogP contribution in [0.15, 0.2) is 36.5 Å². The zero-order valence-corrected chi connectivity index (χ0v) is 11.5. The van der Waals surface area contributed by atoms with Gasteiger partial charge >= 0.3 is 0 Å². The third kappa shape index (κ3) is 1.95. The van der Waals surface area contributed by atoms with Crippen molar-refractivity contribution in [1.82, 2.24) is 19.6 Å². The predicted octanol–water partition coefficient (Wildman–Crippen LogP) is 3.12. The molecular formula is C14H9N5OS. The van der Waals surface area contributed by atoms with Gasteiger partial charge in [-0.25, -0.2) is 0 Å². The van der Waals surface area contributed by atoms with Crippen LogP contribution < -0.4 is 5.32 Å². The number of aromatic nitrogens is 4. The first-order chi connectivity index (χ1) is 10.3. The highest BCUT2D eigenvalue weighted by Crippen LogP contribution is 2.28. The second-order valence-electron chi connectivity index (χ2n) is 4.49. The number of carbonyl (C=O) groups excluding carboxylic acids is 1. The van der Waals surface area contributed by atoms with E-state index in [0.717, 1.165) is 33.1 Å². The molecule has 0 aliphatic heterocycles. The van der Waals surface area contributed by atoms with Crippen molar-refractivity contribution in [2.45, 2.75) is 0 Å². The quantitative estimate of drug-likeness (QED) is 0.567. The number of rotatable bonds is 3. The van der Waals surface area contributed by atoms with Crippen LogP contribution in [0.5, 0.6) is 0 Å². The van der Waals surface area contributed by atoms with E-state index in [1.807, 2.05) is 30.3 Å². The van der Waals surface area contributed by atoms with E-state index < -0.39 is 0 Å². The number of pyridine rings is 1. The van der Waals surface area contributed by atoms with Gasteiger partial charge in [-0.3, -0.25) is 14.9 Å². The van der Waals surface area contributed by atoms with Gasteiger partial charge in [-0.05, 0) is 41.9 Å². The number of nitrogens with one attached hydrogen (secondary N) is 2. The smallest absolute Gasteiger partial charge is 0.178 e. The fourth-order valence-electron chi connectivity index (χ4n) is 2.20. The minimum Gasteiger partial charge on any atom is -0.337 e. The molecule has 6 nitrogen and oxygen atoms in total. The summed E-state index contributed by atoms with van der Waals surface area (Å²) in [6.07, 6.45) is 2.50. The lowest BCUT2D eigenvalue weighted by Gasteiger charge is -2.03. The van der Waals surface area contributed by atoms with Crippen LogP contribution in [0.3, 0.4) is 0 Å². The molecular weight excluding hydrogens is 286 g/mol. The minimum absolute atomic E-state index is 0.480. The fourth-order valence-corrected chi connectivity index (χ4v) is 2.99. The average Bonchev–Trinajstić information content (AvgIpc) is 3.11. The molecule has 0 saturated heterocycles. The van der Waals surface area contributed by atoms with E-state index in [2.05, 4.69) is 24.9 Å². The van der Waals surface area contributed by atoms with E-state index in [-0.39, 0.29) is 0 Å². The van der Waals surface area contributed by atoms with Crippen molar-refractivity contribution in [1.29, 1.82) is 0 Å². The van der Waals surface area contributed by atoms with Crippen molar-refractivity contribution in [3.8, 4) is 0 Å². The van der Waals surface area contributed by atoms with Gasteiger partial charge in [0.1, 0.15) is 11.2 Å². The van der Waals surface area contributed by atoms with Crippen molar-refractivity contribution in [2.75, 3.05) is 5.32 Å². The highest BCUT2D eigenvalue weighted by molar-refractivity contribution is 7.13. The van der Waals surface area contributed by atoms with Gasteiger partial charge in [0.2, 0.25) is 0 Å². The van der Waals surface area contributed by atoms with Gasteiger partial charge in [-0.1, -0.05) is 0 Å². The van der Waals surface area contributed by atoms with Gasteiger partial charge in [0.15, 0.2) is 12.1 Å². The Hall–Kier alpha value is -2.80. The van der Waals surface area contributed by atoms with Gasteiger partial charge in [0.25, 0.3) is 0 Å². The Morgan fingerprint density at radius 3 is 3.14 bits per heavy atom. The highest BCUT2D eigenvalue weighted by Gasteiger charge is 2.09. The standard InChI is InChI=1S/C14H9N5OS/c20-7-11-9-4-3-8(6-12(9)21-19-11)16-14-13-10(17-18-14)2-1-5-15-13/h1-7H,(H2,16,17,18). The Morgan fingerprint density at radius 2 is 2.24 bits per heavy atom. The third-order valence-corrected chi connectivity index (χ3v) is 4.02. The molecule has 0 unspecified atom stereocenters. The highest BCUT2D eigenvalue weighted by atomic mass is 32.1. The molecule has 21 heavy (non-hydrogen) atoms. The zero-order chi connectivity index (χ0) is 14.2. The molecule has 0 spiro atoms. The van der Waals surface area contributed by atoms with Gasteiger partial charge < -0.3 is 5.32 Å². The minimum atomic E-state index is 0.480. The van der Waals surface area contributed by atoms with Crippen LogP contribution in [0.2, 0.25) is 0 Å². The molecule has 3 aromatic heterocycles. The summed E-state index contributed by atoms with van der Waals surface area (Å²) in [7, 11) is 0. The van der Waals surface area contributed by atoms with E-state index >= 15 is 0 Å². The van der Waals surface area contributed by atoms with Crippen LogP contribution in [-0.4, -0.2) is 25.8 Å². The number of H-pyrrole nitrogens is 1. The monoisotopic (exact) mass is 295 g/mol. The van der Waals surface area contributed by atoms with E-state index in [1.165, 1.54) is 11.5 Å². The maximum atomic E-state index is 10.9. The number of aromatic amines is 1. The topological polar surface area (TPSA) is 83.6 Å². The predicted molar refractivity (Wildman–Crippen MR) is 82.2 cm³/mol. The summed E-state index contributed by atoms with van der Waals surface area (Å²) < 4.78 is 5.07. The largest absolute Gasteiger partial charge is 0.337 e. The summed E-state index contributed by atoms with van der Waals surface area (Å²) in [5.74, 6) is 0.671. The number of anilines is 2. The first-order valence-corrected chi connectivity index (χ1v) is 7.03. The lowest BCUT2D eigenvalue weighted by molar-refractivity contribution is 0.112. The van der Waals surface area contributed by atoms with Crippen LogP contribution in [-0.2, 0) is 0 Å². The Kier molecular flexibility index (Phi) is 2.65. The van der Waals surface area contributed by atoms with Gasteiger partial charge in [0.05, 0.1) is 10.2 Å². The van der Waals surface area contributed by atoms with Gasteiger partial charge in [-0.2, -0.15) is 9.47 Å². The fraction of sp³-hybridized carbons (Fsp3) is 0. The lowest BCUT2D eigenvalue weighted by atomic mass is 10.2. The number of nitrogens with zero attached hydrogens (tertiary/aromatic N) is 3. The van der Waals surface area contributed by atoms with Crippen molar-refractivity contribution < 1.29 is 4.79 Å². The number of benzene rings is 1. The summed E-state index contributed by atoms with van der Waals surface area (Å²) in [6.45, 7) is 0. The molecule has 1 aromatic carbocycles. The summed E-state index contributed by atoms with van der Waals surface area (Å²) >= 11 is 1.30. The van der Waals surface area contributed by atoms with Gasteiger partial charge in [-0.15, -0.1) is 0 Å². The van der Waals surface area contributed by atoms with Crippen molar-refractivity contribution >= 4 is 50.4 Å². The van der Waals surface area contributed by atoms with Crippen LogP contribution in [0, 0.1) is 0 Å². The van der Waals surface area contributed by atoms with Crippen LogP contribution in [0.4, 0.5) is 11.5 Å². The number of fused-ring (bicyclic) bond motifs is 2. The summed E-state index contributed by atoms with van der Waals surface area (Å²) in [5, 5.41) is 11.3. The molecule has 0 atom stereocenters. The molecule has 0 aliphatic carbocycles. The average molecular weight is 295 g/mol. The van der Waals surface area contributed by atoms with E-state index in [9.17, 15) is 4.79 Å². The Labute approximate surface area is 123 Å². The molecule has 0 aliphatic rings. The molecule has 0 fully saturated rings. The van der Waals surface area contributed by atoms with Crippen LogP contribution in [0.25, 0.3) is 21.1 Å². The second kappa shape index (κ2) is 4.64. The van der Waals surface area contributed by atoms with Gasteiger partial charge in [0, 0.05) is 17.3 Å². The maximum absolute atomic E-state index is 10.9.